The van der Waals surface area contributed by atoms with Crippen molar-refractivity contribution in [2.24, 2.45) is 0 Å². The van der Waals surface area contributed by atoms with Crippen molar-refractivity contribution in [3.63, 3.8) is 0 Å². The Bertz CT molecular complexity index is 925. The van der Waals surface area contributed by atoms with Gasteiger partial charge in [0.2, 0.25) is 5.95 Å². The second-order valence-corrected chi connectivity index (χ2v) is 8.86. The van der Waals surface area contributed by atoms with Crippen molar-refractivity contribution in [3.8, 4) is 0 Å². The van der Waals surface area contributed by atoms with Crippen LogP contribution in [0.5, 0.6) is 0 Å². The average molecular weight is 411 g/mol. The number of carbonyl (C=O) groups is 1. The van der Waals surface area contributed by atoms with Crippen LogP contribution in [-0.2, 0) is 12.8 Å². The maximum Gasteiger partial charge on any atom is 0.272 e. The molecule has 3 aliphatic rings. The highest BCUT2D eigenvalue weighted by Gasteiger charge is 2.33. The first-order valence-corrected chi connectivity index (χ1v) is 11.3. The summed E-state index contributed by atoms with van der Waals surface area (Å²) >= 11 is 6.41. The van der Waals surface area contributed by atoms with Crippen molar-refractivity contribution in [2.45, 2.75) is 50.9 Å². The number of aromatic nitrogens is 2. The van der Waals surface area contributed by atoms with E-state index in [-0.39, 0.29) is 5.91 Å². The van der Waals surface area contributed by atoms with Gasteiger partial charge in [0, 0.05) is 48.4 Å². The van der Waals surface area contributed by atoms with E-state index in [9.17, 15) is 4.79 Å². The minimum absolute atomic E-state index is 0.0700. The zero-order valence-corrected chi connectivity index (χ0v) is 17.5. The molecule has 0 unspecified atom stereocenters. The van der Waals surface area contributed by atoms with Gasteiger partial charge in [0.1, 0.15) is 5.69 Å². The Hall–Kier alpha value is -2.14. The molecule has 1 aromatic carbocycles. The number of carbonyl (C=O) groups excluding carboxylic acids is 1. The van der Waals surface area contributed by atoms with Crippen LogP contribution in [0.25, 0.3) is 0 Å². The molecule has 5 nitrogen and oxygen atoms in total. The van der Waals surface area contributed by atoms with Gasteiger partial charge in [-0.25, -0.2) is 9.97 Å². The van der Waals surface area contributed by atoms with Gasteiger partial charge in [-0.2, -0.15) is 0 Å². The van der Waals surface area contributed by atoms with Crippen LogP contribution in [0.4, 0.5) is 5.95 Å². The highest BCUT2D eigenvalue weighted by atomic mass is 35.5. The number of halogens is 1. The van der Waals surface area contributed by atoms with E-state index < -0.39 is 0 Å². The van der Waals surface area contributed by atoms with Crippen LogP contribution in [0, 0.1) is 0 Å². The van der Waals surface area contributed by atoms with Gasteiger partial charge >= 0.3 is 0 Å². The molecule has 3 heterocycles. The predicted molar refractivity (Wildman–Crippen MR) is 115 cm³/mol. The number of hydrogen-bond acceptors (Lipinski definition) is 4. The lowest BCUT2D eigenvalue weighted by Gasteiger charge is -2.24. The van der Waals surface area contributed by atoms with Crippen molar-refractivity contribution in [1.29, 1.82) is 0 Å². The molecule has 0 radical (unpaired) electrons. The third-order valence-electron chi connectivity index (χ3n) is 6.58. The SMILES string of the molecule is O=C(c1nc(N2CCCC2)nc2c1CCCC2)N1CC[C@@H](c2ccccc2Cl)C1. The van der Waals surface area contributed by atoms with Crippen LogP contribution in [0.3, 0.4) is 0 Å². The Morgan fingerprint density at radius 1 is 1.00 bits per heavy atom. The molecule has 1 amide bonds. The van der Waals surface area contributed by atoms with Crippen molar-refractivity contribution >= 4 is 23.5 Å². The lowest BCUT2D eigenvalue weighted by molar-refractivity contribution is 0.0783. The summed E-state index contributed by atoms with van der Waals surface area (Å²) in [6, 6.07) is 8.00. The fourth-order valence-electron chi connectivity index (χ4n) is 4.97. The number of aryl methyl sites for hydroxylation is 1. The summed E-state index contributed by atoms with van der Waals surface area (Å²) in [6.07, 6.45) is 7.43. The molecule has 1 aromatic heterocycles. The third kappa shape index (κ3) is 3.61. The molecule has 0 bridgehead atoms. The summed E-state index contributed by atoms with van der Waals surface area (Å²) < 4.78 is 0. The number of amides is 1. The molecule has 0 saturated carbocycles. The molecule has 2 aliphatic heterocycles. The molecule has 1 aliphatic carbocycles. The van der Waals surface area contributed by atoms with Crippen molar-refractivity contribution in [2.75, 3.05) is 31.1 Å². The lowest BCUT2D eigenvalue weighted by atomic mass is 9.94. The molecule has 6 heteroatoms. The van der Waals surface area contributed by atoms with Crippen LogP contribution < -0.4 is 4.90 Å². The number of likely N-dealkylation sites (tertiary alicyclic amines) is 1. The fourth-order valence-corrected chi connectivity index (χ4v) is 5.26. The number of fused-ring (bicyclic) bond motifs is 1. The zero-order chi connectivity index (χ0) is 19.8. The summed E-state index contributed by atoms with van der Waals surface area (Å²) in [7, 11) is 0. The van der Waals surface area contributed by atoms with Crippen LogP contribution in [0.2, 0.25) is 5.02 Å². The number of hydrogen-bond donors (Lipinski definition) is 0. The molecule has 0 N–H and O–H groups in total. The number of nitrogens with zero attached hydrogens (tertiary/aromatic N) is 4. The quantitative estimate of drug-likeness (QED) is 0.759. The number of rotatable bonds is 3. The molecule has 2 aromatic rings. The summed E-state index contributed by atoms with van der Waals surface area (Å²) in [6.45, 7) is 3.45. The van der Waals surface area contributed by atoms with Crippen LogP contribution >= 0.6 is 11.6 Å². The van der Waals surface area contributed by atoms with Gasteiger partial charge in [-0.3, -0.25) is 4.79 Å². The Morgan fingerprint density at radius 3 is 2.62 bits per heavy atom. The van der Waals surface area contributed by atoms with E-state index in [2.05, 4.69) is 11.0 Å². The van der Waals surface area contributed by atoms with E-state index in [0.717, 1.165) is 79.5 Å². The summed E-state index contributed by atoms with van der Waals surface area (Å²) in [5.41, 5.74) is 3.98. The van der Waals surface area contributed by atoms with Gasteiger partial charge in [0.05, 0.1) is 0 Å². The highest BCUT2D eigenvalue weighted by molar-refractivity contribution is 6.31. The van der Waals surface area contributed by atoms with Crippen LogP contribution in [-0.4, -0.2) is 47.0 Å². The van der Waals surface area contributed by atoms with E-state index in [1.165, 1.54) is 12.8 Å². The Balaban J connectivity index is 1.43. The smallest absolute Gasteiger partial charge is 0.272 e. The summed E-state index contributed by atoms with van der Waals surface area (Å²) in [5.74, 6) is 1.12. The molecular formula is C23H27ClN4O. The Kier molecular flexibility index (Phi) is 5.17. The highest BCUT2D eigenvalue weighted by Crippen LogP contribution is 2.34. The van der Waals surface area contributed by atoms with E-state index in [4.69, 9.17) is 21.6 Å². The normalized spacial score (nSPS) is 21.5. The fraction of sp³-hybridized carbons (Fsp3) is 0.522. The van der Waals surface area contributed by atoms with Gasteiger partial charge in [0.25, 0.3) is 5.91 Å². The number of anilines is 1. The first-order valence-electron chi connectivity index (χ1n) is 10.9. The molecule has 2 fully saturated rings. The zero-order valence-electron chi connectivity index (χ0n) is 16.7. The number of benzene rings is 1. The van der Waals surface area contributed by atoms with E-state index >= 15 is 0 Å². The summed E-state index contributed by atoms with van der Waals surface area (Å²) in [5, 5.41) is 0.794. The minimum Gasteiger partial charge on any atom is -0.341 e. The van der Waals surface area contributed by atoms with Gasteiger partial charge < -0.3 is 9.80 Å². The molecule has 0 spiro atoms. The van der Waals surface area contributed by atoms with Crippen molar-refractivity contribution in [3.05, 3.63) is 51.8 Å². The van der Waals surface area contributed by atoms with E-state index in [1.807, 2.05) is 23.1 Å². The summed E-state index contributed by atoms with van der Waals surface area (Å²) in [4.78, 5) is 27.4. The van der Waals surface area contributed by atoms with Gasteiger partial charge in [-0.05, 0) is 56.6 Å². The molecule has 2 saturated heterocycles. The van der Waals surface area contributed by atoms with Crippen molar-refractivity contribution in [1.82, 2.24) is 14.9 Å². The van der Waals surface area contributed by atoms with Gasteiger partial charge in [-0.15, -0.1) is 0 Å². The van der Waals surface area contributed by atoms with Crippen LogP contribution in [0.15, 0.2) is 24.3 Å². The molecule has 5 rings (SSSR count). The molecule has 152 valence electrons. The first kappa shape index (κ1) is 18.9. The minimum atomic E-state index is 0.0700. The van der Waals surface area contributed by atoms with E-state index in [1.54, 1.807) is 0 Å². The van der Waals surface area contributed by atoms with Crippen LogP contribution in [0.1, 0.15) is 65.3 Å². The Morgan fingerprint density at radius 2 is 1.79 bits per heavy atom. The molecule has 1 atom stereocenters. The maximum absolute atomic E-state index is 13.5. The second kappa shape index (κ2) is 7.94. The van der Waals surface area contributed by atoms with Gasteiger partial charge in [-0.1, -0.05) is 29.8 Å². The molecular weight excluding hydrogens is 384 g/mol. The van der Waals surface area contributed by atoms with Gasteiger partial charge in [0.15, 0.2) is 0 Å². The second-order valence-electron chi connectivity index (χ2n) is 8.46. The van der Waals surface area contributed by atoms with Crippen molar-refractivity contribution < 1.29 is 4.79 Å². The lowest BCUT2D eigenvalue weighted by Crippen LogP contribution is -2.32. The first-order chi connectivity index (χ1) is 14.2. The molecule has 29 heavy (non-hydrogen) atoms. The maximum atomic E-state index is 13.5. The average Bonchev–Trinajstić information content (AvgIpc) is 3.45. The Labute approximate surface area is 177 Å². The topological polar surface area (TPSA) is 49.3 Å². The third-order valence-corrected chi connectivity index (χ3v) is 6.93. The monoisotopic (exact) mass is 410 g/mol. The standard InChI is InChI=1S/C23H27ClN4O/c24-19-9-3-1-7-17(19)16-11-14-28(15-16)22(29)21-18-8-2-4-10-20(18)25-23(26-21)27-12-5-6-13-27/h1,3,7,9,16H,2,4-6,8,10-15H2/t16-/m1/s1. The van der Waals surface area contributed by atoms with E-state index in [0.29, 0.717) is 18.2 Å². The largest absolute Gasteiger partial charge is 0.341 e. The predicted octanol–water partition coefficient (Wildman–Crippen LogP) is 4.24.